The van der Waals surface area contributed by atoms with Crippen LogP contribution in [0.3, 0.4) is 0 Å². The summed E-state index contributed by atoms with van der Waals surface area (Å²) in [4.78, 5) is 26.0. The van der Waals surface area contributed by atoms with E-state index in [0.717, 1.165) is 11.1 Å². The van der Waals surface area contributed by atoms with Crippen molar-refractivity contribution in [3.63, 3.8) is 0 Å². The van der Waals surface area contributed by atoms with Gasteiger partial charge in [0.25, 0.3) is 5.91 Å². The van der Waals surface area contributed by atoms with Crippen molar-refractivity contribution < 1.29 is 28.5 Å². The Morgan fingerprint density at radius 1 is 1.03 bits per heavy atom. The highest BCUT2D eigenvalue weighted by Gasteiger charge is 2.58. The zero-order valence-electron chi connectivity index (χ0n) is 18.2. The molecule has 32 heavy (non-hydrogen) atoms. The molecule has 2 aromatic carbocycles. The van der Waals surface area contributed by atoms with Crippen LogP contribution >= 0.6 is 0 Å². The summed E-state index contributed by atoms with van der Waals surface area (Å²) in [5.74, 6) is -1.02. The third kappa shape index (κ3) is 4.93. The molecule has 0 spiro atoms. The summed E-state index contributed by atoms with van der Waals surface area (Å²) in [6.45, 7) is 4.21. The summed E-state index contributed by atoms with van der Waals surface area (Å²) in [7, 11) is 0. The average Bonchev–Trinajstić information content (AvgIpc) is 3.08. The van der Waals surface area contributed by atoms with Gasteiger partial charge in [-0.05, 0) is 25.0 Å². The Morgan fingerprint density at radius 3 is 2.28 bits per heavy atom. The van der Waals surface area contributed by atoms with Crippen molar-refractivity contribution in [3.8, 4) is 0 Å². The number of carbonyl (C=O) groups excluding carboxylic acids is 2. The van der Waals surface area contributed by atoms with Gasteiger partial charge in [0.15, 0.2) is 11.9 Å². The van der Waals surface area contributed by atoms with Crippen LogP contribution in [0.4, 0.5) is 4.79 Å². The average molecular weight is 440 g/mol. The molecule has 0 aromatic heterocycles. The predicted octanol–water partition coefficient (Wildman–Crippen LogP) is 2.60. The van der Waals surface area contributed by atoms with Crippen LogP contribution in [-0.4, -0.2) is 53.6 Å². The number of likely N-dealkylation sites (tertiary alicyclic amines) is 1. The molecule has 170 valence electrons. The van der Waals surface area contributed by atoms with Gasteiger partial charge in [-0.2, -0.15) is 0 Å². The Labute approximate surface area is 187 Å². The molecule has 0 bridgehead atoms. The van der Waals surface area contributed by atoms with Crippen LogP contribution in [0.15, 0.2) is 60.7 Å². The number of β-lactam (4-membered cyclic amide) rings is 1. The summed E-state index contributed by atoms with van der Waals surface area (Å²) in [6.07, 6.45) is -2.72. The van der Waals surface area contributed by atoms with Crippen molar-refractivity contribution >= 4 is 12.0 Å². The van der Waals surface area contributed by atoms with Gasteiger partial charge in [-0.25, -0.2) is 4.79 Å². The van der Waals surface area contributed by atoms with Gasteiger partial charge in [0.1, 0.15) is 18.8 Å². The number of benzene rings is 2. The first-order valence-corrected chi connectivity index (χ1v) is 10.6. The Kier molecular flexibility index (Phi) is 6.45. The first kappa shape index (κ1) is 22.3. The quantitative estimate of drug-likeness (QED) is 0.634. The lowest BCUT2D eigenvalue weighted by molar-refractivity contribution is -0.199. The van der Waals surface area contributed by atoms with Crippen molar-refractivity contribution in [1.82, 2.24) is 4.90 Å². The fourth-order valence-electron chi connectivity index (χ4n) is 4.23. The van der Waals surface area contributed by atoms with Crippen LogP contribution in [-0.2, 0) is 36.9 Å². The second-order valence-corrected chi connectivity index (χ2v) is 8.43. The van der Waals surface area contributed by atoms with E-state index in [1.54, 1.807) is 18.7 Å². The molecule has 8 heteroatoms. The Hall–Kier alpha value is -2.94. The number of amides is 2. The SMILES string of the molecule is CC1(C)O[C@@H]([C@H]2[C@@H](OCc3ccccc3)C(=O)N2Cc2ccccc2)[C@H](COC(N)=O)O1. The third-order valence-electron chi connectivity index (χ3n) is 5.61. The van der Waals surface area contributed by atoms with Crippen LogP contribution in [0, 0.1) is 0 Å². The van der Waals surface area contributed by atoms with Crippen LogP contribution in [0.5, 0.6) is 0 Å². The molecular formula is C24H28N2O6. The van der Waals surface area contributed by atoms with Crippen molar-refractivity contribution in [3.05, 3.63) is 71.8 Å². The highest BCUT2D eigenvalue weighted by Crippen LogP contribution is 2.39. The molecule has 2 N–H and O–H groups in total. The Balaban J connectivity index is 1.55. The maximum absolute atomic E-state index is 13.1. The summed E-state index contributed by atoms with van der Waals surface area (Å²) in [5.41, 5.74) is 7.12. The van der Waals surface area contributed by atoms with E-state index in [1.807, 2.05) is 60.7 Å². The summed E-state index contributed by atoms with van der Waals surface area (Å²) in [5, 5.41) is 0. The van der Waals surface area contributed by atoms with Crippen molar-refractivity contribution in [2.45, 2.75) is 57.1 Å². The van der Waals surface area contributed by atoms with Gasteiger partial charge in [-0.3, -0.25) is 4.79 Å². The van der Waals surface area contributed by atoms with Crippen LogP contribution in [0.1, 0.15) is 25.0 Å². The first-order valence-electron chi connectivity index (χ1n) is 10.6. The number of nitrogens with zero attached hydrogens (tertiary/aromatic N) is 1. The molecule has 2 heterocycles. The van der Waals surface area contributed by atoms with Crippen LogP contribution in [0.2, 0.25) is 0 Å². The van der Waals surface area contributed by atoms with Crippen LogP contribution < -0.4 is 5.73 Å². The number of carbonyl (C=O) groups is 2. The van der Waals surface area contributed by atoms with E-state index < -0.39 is 36.2 Å². The number of hydrogen-bond acceptors (Lipinski definition) is 6. The number of rotatable bonds is 8. The van der Waals surface area contributed by atoms with E-state index in [2.05, 4.69) is 0 Å². The van der Waals surface area contributed by atoms with E-state index in [0.29, 0.717) is 13.2 Å². The molecule has 4 atom stereocenters. The molecule has 0 radical (unpaired) electrons. The summed E-state index contributed by atoms with van der Waals surface area (Å²) in [6, 6.07) is 19.0. The molecule has 0 saturated carbocycles. The van der Waals surface area contributed by atoms with Crippen LogP contribution in [0.25, 0.3) is 0 Å². The largest absolute Gasteiger partial charge is 0.447 e. The molecule has 0 aliphatic carbocycles. The van der Waals surface area contributed by atoms with E-state index in [1.165, 1.54) is 0 Å². The van der Waals surface area contributed by atoms with Gasteiger partial charge in [0.2, 0.25) is 0 Å². The van der Waals surface area contributed by atoms with E-state index in [-0.39, 0.29) is 12.5 Å². The Bertz CT molecular complexity index is 936. The lowest BCUT2D eigenvalue weighted by Gasteiger charge is -2.49. The number of hydrogen-bond donors (Lipinski definition) is 1. The minimum atomic E-state index is -0.905. The van der Waals surface area contributed by atoms with Crippen molar-refractivity contribution in [1.29, 1.82) is 0 Å². The summed E-state index contributed by atoms with van der Waals surface area (Å²) < 4.78 is 23.2. The number of ether oxygens (including phenoxy) is 4. The molecule has 2 aromatic rings. The maximum Gasteiger partial charge on any atom is 0.404 e. The van der Waals surface area contributed by atoms with Gasteiger partial charge >= 0.3 is 6.09 Å². The summed E-state index contributed by atoms with van der Waals surface area (Å²) >= 11 is 0. The molecule has 2 fully saturated rings. The molecule has 8 nitrogen and oxygen atoms in total. The molecule has 2 aliphatic rings. The van der Waals surface area contributed by atoms with Crippen molar-refractivity contribution in [2.75, 3.05) is 6.61 Å². The molecular weight excluding hydrogens is 412 g/mol. The second-order valence-electron chi connectivity index (χ2n) is 8.43. The maximum atomic E-state index is 13.1. The van der Waals surface area contributed by atoms with E-state index in [9.17, 15) is 9.59 Å². The van der Waals surface area contributed by atoms with Gasteiger partial charge < -0.3 is 29.6 Å². The van der Waals surface area contributed by atoms with Gasteiger partial charge in [-0.15, -0.1) is 0 Å². The fraction of sp³-hybridized carbons (Fsp3) is 0.417. The third-order valence-corrected chi connectivity index (χ3v) is 5.61. The minimum absolute atomic E-state index is 0.0707. The zero-order valence-corrected chi connectivity index (χ0v) is 18.2. The highest BCUT2D eigenvalue weighted by molar-refractivity contribution is 5.88. The molecule has 2 aliphatic heterocycles. The monoisotopic (exact) mass is 440 g/mol. The Morgan fingerprint density at radius 2 is 1.66 bits per heavy atom. The lowest BCUT2D eigenvalue weighted by atomic mass is 9.89. The molecule has 2 saturated heterocycles. The standard InChI is InChI=1S/C24H28N2O6/c1-24(2)31-18(15-30-23(25)28)20(32-24)19-21(29-14-17-11-7-4-8-12-17)22(27)26(19)13-16-9-5-3-6-10-16/h3-12,18-21H,13-15H2,1-2H3,(H2,25,28)/t18-,19-,20+,21+/m0/s1. The molecule has 4 rings (SSSR count). The van der Waals surface area contributed by atoms with Gasteiger partial charge in [0.05, 0.1) is 12.6 Å². The predicted molar refractivity (Wildman–Crippen MR) is 115 cm³/mol. The fourth-order valence-corrected chi connectivity index (χ4v) is 4.23. The highest BCUT2D eigenvalue weighted by atomic mass is 16.8. The van der Waals surface area contributed by atoms with E-state index in [4.69, 9.17) is 24.7 Å². The zero-order chi connectivity index (χ0) is 22.7. The second kappa shape index (κ2) is 9.28. The van der Waals surface area contributed by atoms with Gasteiger partial charge in [0, 0.05) is 6.54 Å². The topological polar surface area (TPSA) is 100 Å². The van der Waals surface area contributed by atoms with E-state index >= 15 is 0 Å². The molecule has 0 unspecified atom stereocenters. The van der Waals surface area contributed by atoms with Crippen molar-refractivity contribution in [2.24, 2.45) is 5.73 Å². The first-order chi connectivity index (χ1) is 15.3. The lowest BCUT2D eigenvalue weighted by Crippen LogP contribution is -2.70. The number of primary amides is 1. The smallest absolute Gasteiger partial charge is 0.404 e. The minimum Gasteiger partial charge on any atom is -0.447 e. The number of nitrogens with two attached hydrogens (primary N) is 1. The molecule has 2 amide bonds. The normalized spacial score (nSPS) is 26.6. The van der Waals surface area contributed by atoms with Gasteiger partial charge in [-0.1, -0.05) is 60.7 Å².